The normalized spacial score (nSPS) is 11.2. The third kappa shape index (κ3) is 6.16. The Morgan fingerprint density at radius 1 is 0.375 bits per heavy atom. The van der Waals surface area contributed by atoms with Crippen molar-refractivity contribution in [1.82, 2.24) is 0 Å². The summed E-state index contributed by atoms with van der Waals surface area (Å²) in [4.78, 5) is 11.3. The molecule has 4 aromatic carbocycles. The van der Waals surface area contributed by atoms with Gasteiger partial charge in [-0.3, -0.25) is 0 Å². The lowest BCUT2D eigenvalue weighted by molar-refractivity contribution is -0.295. The van der Waals surface area contributed by atoms with Crippen LogP contribution in [0.4, 0.5) is 0 Å². The Labute approximate surface area is 191 Å². The fraction of sp³-hybridized carbons (Fsp3) is 0.200. The van der Waals surface area contributed by atoms with E-state index in [1.807, 2.05) is 0 Å². The van der Waals surface area contributed by atoms with Crippen molar-refractivity contribution in [1.29, 1.82) is 0 Å². The highest BCUT2D eigenvalue weighted by Crippen LogP contribution is 2.29. The first-order valence-electron chi connectivity index (χ1n) is 11.4. The number of hydrogen-bond donors (Lipinski definition) is 0. The molecule has 4 aromatic rings. The van der Waals surface area contributed by atoms with Crippen LogP contribution >= 0.6 is 0 Å². The van der Waals surface area contributed by atoms with Crippen molar-refractivity contribution in [2.24, 2.45) is 0 Å². The highest BCUT2D eigenvalue weighted by atomic mass is 17.2. The molecule has 0 unspecified atom stereocenters. The zero-order chi connectivity index (χ0) is 21.8. The summed E-state index contributed by atoms with van der Waals surface area (Å²) in [5, 5.41) is 0. The van der Waals surface area contributed by atoms with Crippen LogP contribution in [0.25, 0.3) is 0 Å². The van der Waals surface area contributed by atoms with Crippen LogP contribution in [0.15, 0.2) is 121 Å². The highest BCUT2D eigenvalue weighted by molar-refractivity contribution is 5.33. The zero-order valence-corrected chi connectivity index (χ0v) is 18.3. The Balaban J connectivity index is 1.31. The maximum Gasteiger partial charge on any atom is 0.0831 e. The number of hydrogen-bond acceptors (Lipinski definition) is 2. The summed E-state index contributed by atoms with van der Waals surface area (Å²) in [5.41, 5.74) is 5.21. The molecule has 0 spiro atoms. The second-order valence-electron chi connectivity index (χ2n) is 7.97. The molecule has 0 aliphatic carbocycles. The smallest absolute Gasteiger partial charge is 0.0831 e. The summed E-state index contributed by atoms with van der Waals surface area (Å²) in [6.45, 7) is 1.10. The fourth-order valence-electron chi connectivity index (χ4n) is 4.24. The molecule has 0 radical (unpaired) electrons. The molecule has 0 amide bonds. The summed E-state index contributed by atoms with van der Waals surface area (Å²) in [7, 11) is 0. The van der Waals surface area contributed by atoms with E-state index in [9.17, 15) is 0 Å². The van der Waals surface area contributed by atoms with Crippen LogP contribution in [0, 0.1) is 0 Å². The van der Waals surface area contributed by atoms with E-state index < -0.39 is 0 Å². The van der Waals surface area contributed by atoms with E-state index in [1.54, 1.807) is 0 Å². The van der Waals surface area contributed by atoms with Gasteiger partial charge in [0.05, 0.1) is 13.2 Å². The third-order valence-electron chi connectivity index (χ3n) is 5.87. The number of benzene rings is 4. The monoisotopic (exact) mass is 422 g/mol. The van der Waals surface area contributed by atoms with Crippen molar-refractivity contribution in [2.75, 3.05) is 13.2 Å². The molecule has 0 N–H and O–H groups in total. The van der Waals surface area contributed by atoms with Crippen LogP contribution in [0.1, 0.15) is 46.9 Å². The van der Waals surface area contributed by atoms with Gasteiger partial charge in [-0.25, -0.2) is 9.78 Å². The maximum atomic E-state index is 5.63. The minimum atomic E-state index is 0.294. The van der Waals surface area contributed by atoms with Gasteiger partial charge in [0.1, 0.15) is 0 Å². The van der Waals surface area contributed by atoms with Crippen LogP contribution in [-0.2, 0) is 9.78 Å². The average molecular weight is 423 g/mol. The van der Waals surface area contributed by atoms with E-state index in [4.69, 9.17) is 9.78 Å². The van der Waals surface area contributed by atoms with Gasteiger partial charge < -0.3 is 0 Å². The van der Waals surface area contributed by atoms with Gasteiger partial charge >= 0.3 is 0 Å². The van der Waals surface area contributed by atoms with Crippen molar-refractivity contribution < 1.29 is 9.78 Å². The summed E-state index contributed by atoms with van der Waals surface area (Å²) in [6.07, 6.45) is 1.74. The second-order valence-corrected chi connectivity index (χ2v) is 7.97. The Morgan fingerprint density at radius 3 is 0.875 bits per heavy atom. The standard InChI is InChI=1S/C30H30O2/c1-5-13-25(14-6-1)29(26-15-7-2-8-16-26)21-23-31-32-24-22-30(27-17-9-3-10-18-27)28-19-11-4-12-20-28/h1-20,29-30H,21-24H2. The van der Waals surface area contributed by atoms with Crippen LogP contribution in [-0.4, -0.2) is 13.2 Å². The van der Waals surface area contributed by atoms with Gasteiger partial charge in [0, 0.05) is 11.8 Å². The summed E-state index contributed by atoms with van der Waals surface area (Å²) in [6, 6.07) is 42.4. The molecule has 32 heavy (non-hydrogen) atoms. The lowest BCUT2D eigenvalue weighted by Gasteiger charge is -2.19. The van der Waals surface area contributed by atoms with Gasteiger partial charge in [-0.2, -0.15) is 0 Å². The van der Waals surface area contributed by atoms with E-state index in [0.717, 1.165) is 12.8 Å². The van der Waals surface area contributed by atoms with E-state index in [1.165, 1.54) is 22.3 Å². The van der Waals surface area contributed by atoms with Gasteiger partial charge in [-0.15, -0.1) is 0 Å². The molecule has 0 saturated heterocycles. The van der Waals surface area contributed by atoms with Crippen molar-refractivity contribution in [3.05, 3.63) is 144 Å². The Morgan fingerprint density at radius 2 is 0.625 bits per heavy atom. The maximum absolute atomic E-state index is 5.63. The molecule has 4 rings (SSSR count). The Hall–Kier alpha value is -3.20. The molecular weight excluding hydrogens is 392 g/mol. The Bertz CT molecular complexity index is 851. The predicted octanol–water partition coefficient (Wildman–Crippen LogP) is 7.38. The van der Waals surface area contributed by atoms with Crippen LogP contribution < -0.4 is 0 Å². The quantitative estimate of drug-likeness (QED) is 0.143. The van der Waals surface area contributed by atoms with Gasteiger partial charge in [0.15, 0.2) is 0 Å². The molecule has 0 bridgehead atoms. The first kappa shape index (κ1) is 22.0. The van der Waals surface area contributed by atoms with Crippen LogP contribution in [0.3, 0.4) is 0 Å². The van der Waals surface area contributed by atoms with E-state index in [2.05, 4.69) is 121 Å². The van der Waals surface area contributed by atoms with Gasteiger partial charge in [-0.1, -0.05) is 121 Å². The van der Waals surface area contributed by atoms with Gasteiger partial charge in [-0.05, 0) is 35.1 Å². The third-order valence-corrected chi connectivity index (χ3v) is 5.87. The largest absolute Gasteiger partial charge is 0.237 e. The first-order valence-corrected chi connectivity index (χ1v) is 11.4. The lowest BCUT2D eigenvalue weighted by atomic mass is 9.89. The molecule has 0 fully saturated rings. The van der Waals surface area contributed by atoms with Gasteiger partial charge in [0.2, 0.25) is 0 Å². The molecular formula is C30H30O2. The topological polar surface area (TPSA) is 18.5 Å². The predicted molar refractivity (Wildman–Crippen MR) is 131 cm³/mol. The first-order chi connectivity index (χ1) is 15.9. The molecule has 0 aliphatic rings. The summed E-state index contributed by atoms with van der Waals surface area (Å²) < 4.78 is 0. The molecule has 2 heteroatoms. The molecule has 0 aliphatic heterocycles. The molecule has 0 saturated carbocycles. The second kappa shape index (κ2) is 12.0. The van der Waals surface area contributed by atoms with Crippen molar-refractivity contribution in [2.45, 2.75) is 24.7 Å². The van der Waals surface area contributed by atoms with Crippen LogP contribution in [0.5, 0.6) is 0 Å². The van der Waals surface area contributed by atoms with E-state index in [0.29, 0.717) is 25.0 Å². The van der Waals surface area contributed by atoms with Gasteiger partial charge in [0.25, 0.3) is 0 Å². The van der Waals surface area contributed by atoms with Crippen LogP contribution in [0.2, 0.25) is 0 Å². The Kier molecular flexibility index (Phi) is 8.25. The summed E-state index contributed by atoms with van der Waals surface area (Å²) >= 11 is 0. The summed E-state index contributed by atoms with van der Waals surface area (Å²) in [5.74, 6) is 0.588. The van der Waals surface area contributed by atoms with E-state index >= 15 is 0 Å². The SMILES string of the molecule is c1ccc(C(CCOOCCC(c2ccccc2)c2ccccc2)c2ccccc2)cc1. The van der Waals surface area contributed by atoms with E-state index in [-0.39, 0.29) is 0 Å². The number of rotatable bonds is 11. The molecule has 0 heterocycles. The van der Waals surface area contributed by atoms with Crippen molar-refractivity contribution in [3.8, 4) is 0 Å². The highest BCUT2D eigenvalue weighted by Gasteiger charge is 2.15. The zero-order valence-electron chi connectivity index (χ0n) is 18.3. The average Bonchev–Trinajstić information content (AvgIpc) is 2.88. The molecule has 162 valence electrons. The lowest BCUT2D eigenvalue weighted by Crippen LogP contribution is -2.09. The minimum absolute atomic E-state index is 0.294. The van der Waals surface area contributed by atoms with Crippen molar-refractivity contribution >= 4 is 0 Å². The van der Waals surface area contributed by atoms with Crippen molar-refractivity contribution in [3.63, 3.8) is 0 Å². The fourth-order valence-corrected chi connectivity index (χ4v) is 4.24. The molecule has 2 nitrogen and oxygen atoms in total. The molecule has 0 aromatic heterocycles. The minimum Gasteiger partial charge on any atom is -0.237 e. The molecule has 0 atom stereocenters.